The Bertz CT molecular complexity index is 2460. The predicted octanol–water partition coefficient (Wildman–Crippen LogP) is 9.31. The smallest absolute Gasteiger partial charge is 0.160 e. The van der Waals surface area contributed by atoms with Crippen LogP contribution in [0.4, 0.5) is 0 Å². The van der Waals surface area contributed by atoms with Gasteiger partial charge in [-0.15, -0.1) is 0 Å². The molecule has 0 N–H and O–H groups in total. The van der Waals surface area contributed by atoms with Crippen molar-refractivity contribution in [3.8, 4) is 45.5 Å². The van der Waals surface area contributed by atoms with E-state index in [0.717, 1.165) is 50.7 Å². The first-order valence-corrected chi connectivity index (χ1v) is 15.2. The molecule has 5 aromatic heterocycles. The average molecular weight is 591 g/mol. The summed E-state index contributed by atoms with van der Waals surface area (Å²) in [7, 11) is 0. The van der Waals surface area contributed by atoms with Gasteiger partial charge in [0, 0.05) is 51.7 Å². The van der Waals surface area contributed by atoms with Crippen LogP contribution in [0, 0.1) is 0 Å². The summed E-state index contributed by atoms with van der Waals surface area (Å²) in [5, 5.41) is 3.61. The summed E-state index contributed by atoms with van der Waals surface area (Å²) < 4.78 is 4.62. The zero-order valence-corrected chi connectivity index (χ0v) is 24.7. The number of fused-ring (bicyclic) bond motifs is 5. The highest BCUT2D eigenvalue weighted by Gasteiger charge is 2.18. The average Bonchev–Trinajstić information content (AvgIpc) is 3.72. The molecule has 5 heterocycles. The SMILES string of the molecule is c1ccc(-n2ccc3c2ccc2c4ccccc4n(-c4cccc(-c5nc(-c6ccccn6)cc(-c6ccccn6)n5)c4)c23)cc1. The zero-order chi connectivity index (χ0) is 30.5. The van der Waals surface area contributed by atoms with Gasteiger partial charge in [-0.2, -0.15) is 0 Å². The normalized spacial score (nSPS) is 11.5. The molecular weight excluding hydrogens is 564 g/mol. The van der Waals surface area contributed by atoms with Crippen LogP contribution >= 0.6 is 0 Å². The molecule has 0 radical (unpaired) electrons. The highest BCUT2D eigenvalue weighted by molar-refractivity contribution is 6.18. The molecule has 9 rings (SSSR count). The van der Waals surface area contributed by atoms with Crippen molar-refractivity contribution in [3.05, 3.63) is 158 Å². The van der Waals surface area contributed by atoms with Gasteiger partial charge in [0.1, 0.15) is 0 Å². The van der Waals surface area contributed by atoms with E-state index in [0.29, 0.717) is 5.82 Å². The van der Waals surface area contributed by atoms with Gasteiger partial charge in [0.25, 0.3) is 0 Å². The summed E-state index contributed by atoms with van der Waals surface area (Å²) in [6.45, 7) is 0. The summed E-state index contributed by atoms with van der Waals surface area (Å²) in [6.07, 6.45) is 5.73. The van der Waals surface area contributed by atoms with Crippen LogP contribution in [0.2, 0.25) is 0 Å². The number of rotatable bonds is 5. The summed E-state index contributed by atoms with van der Waals surface area (Å²) >= 11 is 0. The summed E-state index contributed by atoms with van der Waals surface area (Å²) in [4.78, 5) is 19.2. The molecule has 0 atom stereocenters. The van der Waals surface area contributed by atoms with Crippen molar-refractivity contribution in [2.75, 3.05) is 0 Å². The molecule has 0 aliphatic rings. The van der Waals surface area contributed by atoms with Crippen molar-refractivity contribution in [2.24, 2.45) is 0 Å². The van der Waals surface area contributed by atoms with Crippen LogP contribution in [0.15, 0.2) is 158 Å². The maximum absolute atomic E-state index is 5.02. The monoisotopic (exact) mass is 590 g/mol. The minimum Gasteiger partial charge on any atom is -0.316 e. The Hall–Kier alpha value is -6.40. The Labute approximate surface area is 264 Å². The van der Waals surface area contributed by atoms with Gasteiger partial charge in [0.2, 0.25) is 0 Å². The highest BCUT2D eigenvalue weighted by Crippen LogP contribution is 2.38. The van der Waals surface area contributed by atoms with Gasteiger partial charge >= 0.3 is 0 Å². The molecule has 0 amide bonds. The first-order valence-electron chi connectivity index (χ1n) is 15.2. The Morgan fingerprint density at radius 2 is 1.13 bits per heavy atom. The molecule has 0 saturated heterocycles. The predicted molar refractivity (Wildman–Crippen MR) is 185 cm³/mol. The lowest BCUT2D eigenvalue weighted by Gasteiger charge is -2.12. The first kappa shape index (κ1) is 26.0. The second-order valence-electron chi connectivity index (χ2n) is 11.2. The Morgan fingerprint density at radius 3 is 1.87 bits per heavy atom. The lowest BCUT2D eigenvalue weighted by atomic mass is 10.1. The quantitative estimate of drug-likeness (QED) is 0.200. The van der Waals surface area contributed by atoms with E-state index in [1.165, 1.54) is 21.7 Å². The molecule has 0 aliphatic carbocycles. The van der Waals surface area contributed by atoms with Crippen LogP contribution in [0.25, 0.3) is 78.2 Å². The Morgan fingerprint density at radius 1 is 0.435 bits per heavy atom. The third-order valence-electron chi connectivity index (χ3n) is 8.48. The van der Waals surface area contributed by atoms with E-state index in [4.69, 9.17) is 9.97 Å². The van der Waals surface area contributed by atoms with Crippen molar-refractivity contribution < 1.29 is 0 Å². The molecule has 4 aromatic carbocycles. The molecule has 6 heteroatoms. The summed E-state index contributed by atoms with van der Waals surface area (Å²) in [5.41, 5.74) is 9.62. The Balaban J connectivity index is 1.27. The third kappa shape index (κ3) is 4.27. The fourth-order valence-corrected chi connectivity index (χ4v) is 6.41. The molecule has 46 heavy (non-hydrogen) atoms. The van der Waals surface area contributed by atoms with Crippen molar-refractivity contribution in [1.82, 2.24) is 29.1 Å². The van der Waals surface area contributed by atoms with Crippen LogP contribution in [-0.2, 0) is 0 Å². The molecule has 0 saturated carbocycles. The van der Waals surface area contributed by atoms with Crippen LogP contribution < -0.4 is 0 Å². The van der Waals surface area contributed by atoms with E-state index in [2.05, 4.69) is 116 Å². The molecule has 6 nitrogen and oxygen atoms in total. The minimum atomic E-state index is 0.617. The van der Waals surface area contributed by atoms with Crippen LogP contribution in [0.5, 0.6) is 0 Å². The van der Waals surface area contributed by atoms with Gasteiger partial charge in [-0.05, 0) is 72.8 Å². The van der Waals surface area contributed by atoms with Crippen molar-refractivity contribution >= 4 is 32.7 Å². The van der Waals surface area contributed by atoms with E-state index in [1.54, 1.807) is 12.4 Å². The largest absolute Gasteiger partial charge is 0.316 e. The lowest BCUT2D eigenvalue weighted by Crippen LogP contribution is -1.99. The fraction of sp³-hybridized carbons (Fsp3) is 0. The summed E-state index contributed by atoms with van der Waals surface area (Å²) in [6, 6.07) is 47.9. The van der Waals surface area contributed by atoms with E-state index in [-0.39, 0.29) is 0 Å². The van der Waals surface area contributed by atoms with Gasteiger partial charge in [-0.3, -0.25) is 9.97 Å². The standard InChI is InChI=1S/C40H26N6/c1-2-12-28(13-3-1)45-24-21-32-37(45)20-19-31-30-15-4-5-18-38(30)46(39(31)32)29-14-10-11-27(25-29)40-43-35(33-16-6-8-22-41-33)26-36(44-40)34-17-7-9-23-42-34/h1-26H. The number of para-hydroxylation sites is 2. The first-order chi connectivity index (χ1) is 22.8. The highest BCUT2D eigenvalue weighted by atomic mass is 15.0. The van der Waals surface area contributed by atoms with Crippen LogP contribution in [0.1, 0.15) is 0 Å². The summed E-state index contributed by atoms with van der Waals surface area (Å²) in [5.74, 6) is 0.617. The molecule has 0 bridgehead atoms. The number of hydrogen-bond donors (Lipinski definition) is 0. The van der Waals surface area contributed by atoms with Crippen LogP contribution in [0.3, 0.4) is 0 Å². The van der Waals surface area contributed by atoms with Crippen LogP contribution in [-0.4, -0.2) is 29.1 Å². The van der Waals surface area contributed by atoms with Crippen molar-refractivity contribution in [2.45, 2.75) is 0 Å². The fourth-order valence-electron chi connectivity index (χ4n) is 6.41. The van der Waals surface area contributed by atoms with E-state index < -0.39 is 0 Å². The number of pyridine rings is 2. The van der Waals surface area contributed by atoms with E-state index in [9.17, 15) is 0 Å². The Kier molecular flexibility index (Phi) is 6.03. The van der Waals surface area contributed by atoms with E-state index >= 15 is 0 Å². The lowest BCUT2D eigenvalue weighted by molar-refractivity contribution is 1.13. The second-order valence-corrected chi connectivity index (χ2v) is 11.2. The third-order valence-corrected chi connectivity index (χ3v) is 8.48. The van der Waals surface area contributed by atoms with Gasteiger partial charge in [0.05, 0.1) is 39.3 Å². The van der Waals surface area contributed by atoms with Gasteiger partial charge < -0.3 is 9.13 Å². The number of hydrogen-bond acceptors (Lipinski definition) is 4. The van der Waals surface area contributed by atoms with Crippen molar-refractivity contribution in [3.63, 3.8) is 0 Å². The molecule has 0 fully saturated rings. The topological polar surface area (TPSA) is 61.4 Å². The molecule has 9 aromatic rings. The van der Waals surface area contributed by atoms with Gasteiger partial charge in [0.15, 0.2) is 5.82 Å². The number of benzene rings is 4. The molecular formula is C40H26N6. The number of aromatic nitrogens is 6. The molecule has 0 spiro atoms. The maximum Gasteiger partial charge on any atom is 0.160 e. The molecule has 216 valence electrons. The number of nitrogens with zero attached hydrogens (tertiary/aromatic N) is 6. The second kappa shape index (κ2) is 10.6. The zero-order valence-electron chi connectivity index (χ0n) is 24.7. The van der Waals surface area contributed by atoms with Gasteiger partial charge in [-0.25, -0.2) is 9.97 Å². The maximum atomic E-state index is 5.02. The van der Waals surface area contributed by atoms with E-state index in [1.807, 2.05) is 48.5 Å². The molecule has 0 unspecified atom stereocenters. The van der Waals surface area contributed by atoms with Gasteiger partial charge in [-0.1, -0.05) is 66.7 Å². The molecule has 0 aliphatic heterocycles. The minimum absolute atomic E-state index is 0.617. The van der Waals surface area contributed by atoms with Crippen molar-refractivity contribution in [1.29, 1.82) is 0 Å².